The molecule has 180 valence electrons. The van der Waals surface area contributed by atoms with E-state index in [9.17, 15) is 18.7 Å². The molecule has 2 heterocycles. The molecule has 1 saturated heterocycles. The zero-order chi connectivity index (χ0) is 24.1. The summed E-state index contributed by atoms with van der Waals surface area (Å²) in [4.78, 5) is 18.7. The highest BCUT2D eigenvalue weighted by Gasteiger charge is 2.23. The first-order valence-electron chi connectivity index (χ1n) is 11.2. The lowest BCUT2D eigenvalue weighted by Crippen LogP contribution is -2.45. The molecule has 3 aromatic rings. The number of aromatic nitrogens is 1. The number of hydrogen-bond donors (Lipinski definition) is 3. The van der Waals surface area contributed by atoms with Crippen molar-refractivity contribution in [3.05, 3.63) is 65.9 Å². The summed E-state index contributed by atoms with van der Waals surface area (Å²) >= 11 is 0. The number of carbonyl (C=O) groups excluding carboxylic acids is 1. The third-order valence-electron chi connectivity index (χ3n) is 6.11. The highest BCUT2D eigenvalue weighted by molar-refractivity contribution is 5.92. The van der Waals surface area contributed by atoms with Crippen LogP contribution in [0.4, 0.5) is 14.5 Å². The maximum Gasteiger partial charge on any atom is 0.238 e. The highest BCUT2D eigenvalue weighted by Crippen LogP contribution is 2.27. The lowest BCUT2D eigenvalue weighted by atomic mass is 10.0. The lowest BCUT2D eigenvalue weighted by molar-refractivity contribution is -0.115. The van der Waals surface area contributed by atoms with E-state index in [1.165, 1.54) is 0 Å². The fourth-order valence-corrected chi connectivity index (χ4v) is 4.25. The average Bonchev–Trinajstić information content (AvgIpc) is 2.85. The molecule has 0 radical (unpaired) electrons. The maximum absolute atomic E-state index is 13.7. The van der Waals surface area contributed by atoms with Crippen molar-refractivity contribution in [2.24, 2.45) is 0 Å². The van der Waals surface area contributed by atoms with E-state index in [2.05, 4.69) is 20.5 Å². The first kappa shape index (κ1) is 24.0. The van der Waals surface area contributed by atoms with E-state index in [-0.39, 0.29) is 18.3 Å². The van der Waals surface area contributed by atoms with Crippen LogP contribution >= 0.6 is 0 Å². The van der Waals surface area contributed by atoms with E-state index in [0.717, 1.165) is 60.6 Å². The van der Waals surface area contributed by atoms with Gasteiger partial charge < -0.3 is 25.4 Å². The second kappa shape index (κ2) is 10.9. The summed E-state index contributed by atoms with van der Waals surface area (Å²) in [5.41, 5.74) is 1.44. The molecular weight excluding hydrogens is 442 g/mol. The molecule has 0 unspecified atom stereocenters. The van der Waals surface area contributed by atoms with Crippen LogP contribution in [-0.2, 0) is 4.79 Å². The number of halogens is 2. The van der Waals surface area contributed by atoms with Gasteiger partial charge in [0.2, 0.25) is 5.91 Å². The molecule has 0 spiro atoms. The number of benzene rings is 2. The van der Waals surface area contributed by atoms with Crippen molar-refractivity contribution in [3.63, 3.8) is 0 Å². The number of likely N-dealkylation sites (tertiary alicyclic amines) is 1. The Labute approximate surface area is 196 Å². The highest BCUT2D eigenvalue weighted by atomic mass is 19.1. The number of aliphatic hydroxyl groups excluding tert-OH is 1. The topological polar surface area (TPSA) is 86.7 Å². The van der Waals surface area contributed by atoms with Gasteiger partial charge in [-0.1, -0.05) is 0 Å². The number of nitrogens with zero attached hydrogens (tertiary/aromatic N) is 2. The van der Waals surface area contributed by atoms with E-state index in [1.807, 2.05) is 24.3 Å². The van der Waals surface area contributed by atoms with Crippen LogP contribution in [0.2, 0.25) is 0 Å². The summed E-state index contributed by atoms with van der Waals surface area (Å²) in [5.74, 6) is -1.01. The predicted molar refractivity (Wildman–Crippen MR) is 126 cm³/mol. The quantitative estimate of drug-likeness (QED) is 0.469. The molecule has 1 fully saturated rings. The fraction of sp³-hybridized carbons (Fsp3) is 0.360. The number of hydrogen-bond acceptors (Lipinski definition) is 6. The van der Waals surface area contributed by atoms with E-state index in [4.69, 9.17) is 4.74 Å². The van der Waals surface area contributed by atoms with Gasteiger partial charge >= 0.3 is 0 Å². The second-order valence-corrected chi connectivity index (χ2v) is 8.43. The van der Waals surface area contributed by atoms with Crippen molar-refractivity contribution in [1.29, 1.82) is 0 Å². The molecule has 4 rings (SSSR count). The minimum absolute atomic E-state index is 0.00802. The molecule has 9 heteroatoms. The van der Waals surface area contributed by atoms with Crippen LogP contribution < -0.4 is 15.4 Å². The number of piperidine rings is 1. The van der Waals surface area contributed by atoms with Gasteiger partial charge in [0.05, 0.1) is 31.0 Å². The van der Waals surface area contributed by atoms with Crippen LogP contribution in [0.1, 0.15) is 24.5 Å². The van der Waals surface area contributed by atoms with Crippen molar-refractivity contribution < 1.29 is 23.4 Å². The molecule has 0 saturated carbocycles. The molecular formula is C25H28F2N4O3. The van der Waals surface area contributed by atoms with Crippen LogP contribution in [-0.4, -0.2) is 60.2 Å². The Morgan fingerprint density at radius 3 is 2.76 bits per heavy atom. The van der Waals surface area contributed by atoms with Gasteiger partial charge in [-0.3, -0.25) is 9.78 Å². The minimum Gasteiger partial charge on any atom is -0.497 e. The number of anilines is 1. The second-order valence-electron chi connectivity index (χ2n) is 8.43. The number of nitrogens with one attached hydrogen (secondary N) is 2. The maximum atomic E-state index is 13.7. The van der Waals surface area contributed by atoms with Crippen LogP contribution in [0.25, 0.3) is 10.9 Å². The predicted octanol–water partition coefficient (Wildman–Crippen LogP) is 3.25. The summed E-state index contributed by atoms with van der Waals surface area (Å²) in [6.07, 6.45) is 2.64. The van der Waals surface area contributed by atoms with Gasteiger partial charge in [-0.2, -0.15) is 0 Å². The molecule has 7 nitrogen and oxygen atoms in total. The van der Waals surface area contributed by atoms with Crippen LogP contribution in [0.5, 0.6) is 5.75 Å². The molecule has 0 bridgehead atoms. The van der Waals surface area contributed by atoms with Gasteiger partial charge in [0.15, 0.2) is 0 Å². The van der Waals surface area contributed by atoms with E-state index < -0.39 is 23.6 Å². The Morgan fingerprint density at radius 1 is 1.21 bits per heavy atom. The smallest absolute Gasteiger partial charge is 0.238 e. The molecule has 1 aromatic heterocycles. The molecule has 3 N–H and O–H groups in total. The van der Waals surface area contributed by atoms with Crippen LogP contribution in [0, 0.1) is 11.6 Å². The Kier molecular flexibility index (Phi) is 7.66. The third-order valence-corrected chi connectivity index (χ3v) is 6.11. The van der Waals surface area contributed by atoms with Gasteiger partial charge in [0, 0.05) is 30.2 Å². The van der Waals surface area contributed by atoms with Crippen molar-refractivity contribution in [3.8, 4) is 5.75 Å². The van der Waals surface area contributed by atoms with E-state index >= 15 is 0 Å². The van der Waals surface area contributed by atoms with Gasteiger partial charge in [0.1, 0.15) is 17.4 Å². The number of methoxy groups -OCH3 is 1. The molecule has 0 aliphatic carbocycles. The number of amides is 1. The molecule has 2 aromatic carbocycles. The normalized spacial score (nSPS) is 15.9. The molecule has 1 atom stereocenters. The van der Waals surface area contributed by atoms with Gasteiger partial charge in [-0.05, 0) is 67.9 Å². The summed E-state index contributed by atoms with van der Waals surface area (Å²) in [7, 11) is 1.61. The summed E-state index contributed by atoms with van der Waals surface area (Å²) in [5, 5.41) is 17.4. The summed E-state index contributed by atoms with van der Waals surface area (Å²) in [6, 6.07) is 10.5. The fourth-order valence-electron chi connectivity index (χ4n) is 4.25. The van der Waals surface area contributed by atoms with Crippen LogP contribution in [0.15, 0.2) is 48.7 Å². The number of pyridine rings is 1. The number of rotatable bonds is 8. The van der Waals surface area contributed by atoms with E-state index in [1.54, 1.807) is 13.3 Å². The number of aliphatic hydroxyl groups is 1. The monoisotopic (exact) mass is 470 g/mol. The first-order valence-corrected chi connectivity index (χ1v) is 11.2. The standard InChI is InChI=1S/C25H28F2N4O3/c1-34-18-3-5-22-20(13-18)19(6-9-28-22)24(32)15-31-10-7-17(8-11-31)29-14-25(33)30-23-12-16(26)2-4-21(23)27/h2-6,9,12-13,17,24,29,32H,7-8,10-11,14-15H2,1H3,(H,30,33)/t24-/m0/s1. The number of fused-ring (bicyclic) bond motifs is 1. The lowest BCUT2D eigenvalue weighted by Gasteiger charge is -2.33. The van der Waals surface area contributed by atoms with Crippen molar-refractivity contribution >= 4 is 22.5 Å². The van der Waals surface area contributed by atoms with Gasteiger partial charge in [-0.15, -0.1) is 0 Å². The summed E-state index contributed by atoms with van der Waals surface area (Å²) in [6.45, 7) is 2.03. The molecule has 1 amide bonds. The zero-order valence-corrected chi connectivity index (χ0v) is 18.9. The zero-order valence-electron chi connectivity index (χ0n) is 18.9. The number of ether oxygens (including phenoxy) is 1. The third kappa shape index (κ3) is 5.85. The average molecular weight is 471 g/mol. The molecule has 34 heavy (non-hydrogen) atoms. The van der Waals surface area contributed by atoms with Crippen molar-refractivity contribution in [1.82, 2.24) is 15.2 Å². The first-order chi connectivity index (χ1) is 16.4. The summed E-state index contributed by atoms with van der Waals surface area (Å²) < 4.78 is 32.2. The molecule has 1 aliphatic rings. The van der Waals surface area contributed by atoms with Gasteiger partial charge in [-0.25, -0.2) is 8.78 Å². The number of β-amino-alcohol motifs (C(OH)–C–C–N with tert-alkyl or cyclic N) is 1. The number of carbonyl (C=O) groups is 1. The van der Waals surface area contributed by atoms with E-state index in [0.29, 0.717) is 12.3 Å². The Balaban J connectivity index is 1.26. The SMILES string of the molecule is COc1ccc2nccc([C@@H](O)CN3CCC(NCC(=O)Nc4cc(F)ccc4F)CC3)c2c1. The van der Waals surface area contributed by atoms with Gasteiger partial charge in [0.25, 0.3) is 0 Å². The van der Waals surface area contributed by atoms with Crippen molar-refractivity contribution in [2.75, 3.05) is 38.6 Å². The Bertz CT molecular complexity index is 1150. The minimum atomic E-state index is -0.679. The largest absolute Gasteiger partial charge is 0.497 e. The Morgan fingerprint density at radius 2 is 2.00 bits per heavy atom. The van der Waals surface area contributed by atoms with Crippen molar-refractivity contribution in [2.45, 2.75) is 25.0 Å². The van der Waals surface area contributed by atoms with Crippen LogP contribution in [0.3, 0.4) is 0 Å². The Hall–Kier alpha value is -3.14. The molecule has 1 aliphatic heterocycles.